The van der Waals surface area contributed by atoms with Crippen molar-refractivity contribution in [3.63, 3.8) is 0 Å². The van der Waals surface area contributed by atoms with E-state index in [2.05, 4.69) is 15.9 Å². The third-order valence-electron chi connectivity index (χ3n) is 4.00. The van der Waals surface area contributed by atoms with Gasteiger partial charge in [0.05, 0.1) is 23.3 Å². The van der Waals surface area contributed by atoms with Crippen molar-refractivity contribution in [2.45, 2.75) is 31.0 Å². The zero-order valence-electron chi connectivity index (χ0n) is 11.9. The summed E-state index contributed by atoms with van der Waals surface area (Å²) < 4.78 is 17.1. The number of benzene rings is 1. The Hall–Kier alpha value is -0.620. The molecule has 0 spiro atoms. The maximum absolute atomic E-state index is 10.6. The summed E-state index contributed by atoms with van der Waals surface area (Å²) in [4.78, 5) is 0. The van der Waals surface area contributed by atoms with Gasteiger partial charge in [0.1, 0.15) is 5.75 Å². The van der Waals surface area contributed by atoms with Crippen molar-refractivity contribution in [3.8, 4) is 5.75 Å². The predicted octanol–water partition coefficient (Wildman–Crippen LogP) is 2.56. The van der Waals surface area contributed by atoms with Crippen molar-refractivity contribution in [2.24, 2.45) is 0 Å². The normalized spacial score (nSPS) is 19.6. The highest BCUT2D eigenvalue weighted by Gasteiger charge is 2.39. The number of hydrogen-bond donors (Lipinski definition) is 1. The van der Waals surface area contributed by atoms with Crippen LogP contribution >= 0.6 is 15.9 Å². The van der Waals surface area contributed by atoms with Crippen molar-refractivity contribution >= 4 is 15.9 Å². The Kier molecular flexibility index (Phi) is 5.43. The predicted molar refractivity (Wildman–Crippen MR) is 80.2 cm³/mol. The van der Waals surface area contributed by atoms with E-state index in [0.29, 0.717) is 19.6 Å². The van der Waals surface area contributed by atoms with Gasteiger partial charge in [-0.1, -0.05) is 6.07 Å². The Morgan fingerprint density at radius 2 is 2.05 bits per heavy atom. The molecule has 5 heteroatoms. The largest absolute Gasteiger partial charge is 0.496 e. The fraction of sp³-hybridized carbons (Fsp3) is 0.600. The Morgan fingerprint density at radius 1 is 1.35 bits per heavy atom. The zero-order valence-corrected chi connectivity index (χ0v) is 13.5. The van der Waals surface area contributed by atoms with Gasteiger partial charge in [-0.25, -0.2) is 0 Å². The van der Waals surface area contributed by atoms with Gasteiger partial charge in [-0.2, -0.15) is 0 Å². The molecule has 1 unspecified atom stereocenters. The number of rotatable bonds is 5. The van der Waals surface area contributed by atoms with Crippen LogP contribution in [0.1, 0.15) is 18.4 Å². The summed E-state index contributed by atoms with van der Waals surface area (Å²) in [7, 11) is 3.30. The van der Waals surface area contributed by atoms with Crippen LogP contribution < -0.4 is 4.74 Å². The van der Waals surface area contributed by atoms with Gasteiger partial charge in [0, 0.05) is 39.6 Å². The highest BCUT2D eigenvalue weighted by Crippen LogP contribution is 2.32. The molecule has 1 aliphatic heterocycles. The molecule has 20 heavy (non-hydrogen) atoms. The quantitative estimate of drug-likeness (QED) is 0.891. The lowest BCUT2D eigenvalue weighted by molar-refractivity contribution is -0.151. The van der Waals surface area contributed by atoms with E-state index in [0.717, 1.165) is 28.6 Å². The summed E-state index contributed by atoms with van der Waals surface area (Å²) in [5.41, 5.74) is 0.554. The average Bonchev–Trinajstić information content (AvgIpc) is 2.48. The molecule has 1 atom stereocenters. The van der Waals surface area contributed by atoms with E-state index in [-0.39, 0.29) is 0 Å². The van der Waals surface area contributed by atoms with Gasteiger partial charge in [-0.15, -0.1) is 0 Å². The van der Waals surface area contributed by atoms with E-state index in [1.54, 1.807) is 14.2 Å². The van der Waals surface area contributed by atoms with Crippen LogP contribution in [0.5, 0.6) is 5.75 Å². The third kappa shape index (κ3) is 3.34. The molecule has 1 N–H and O–H groups in total. The fourth-order valence-electron chi connectivity index (χ4n) is 2.64. The number of halogens is 1. The van der Waals surface area contributed by atoms with E-state index >= 15 is 0 Å². The maximum Gasteiger partial charge on any atom is 0.133 e. The molecule has 1 saturated heterocycles. The van der Waals surface area contributed by atoms with Crippen LogP contribution in [0.15, 0.2) is 22.7 Å². The van der Waals surface area contributed by atoms with Crippen molar-refractivity contribution in [1.82, 2.24) is 0 Å². The lowest BCUT2D eigenvalue weighted by Gasteiger charge is -2.39. The lowest BCUT2D eigenvalue weighted by atomic mass is 9.84. The van der Waals surface area contributed by atoms with Crippen LogP contribution in [0.2, 0.25) is 0 Å². The minimum Gasteiger partial charge on any atom is -0.496 e. The van der Waals surface area contributed by atoms with Crippen molar-refractivity contribution in [3.05, 3.63) is 28.2 Å². The first-order chi connectivity index (χ1) is 9.61. The Balaban J connectivity index is 2.09. The summed E-state index contributed by atoms with van der Waals surface area (Å²) >= 11 is 3.47. The first-order valence-electron chi connectivity index (χ1n) is 6.74. The molecule has 0 radical (unpaired) electrons. The molecule has 0 aliphatic carbocycles. The molecule has 0 bridgehead atoms. The van der Waals surface area contributed by atoms with Gasteiger partial charge >= 0.3 is 0 Å². The first kappa shape index (κ1) is 15.8. The summed E-state index contributed by atoms with van der Waals surface area (Å²) in [5, 5.41) is 10.6. The second-order valence-electron chi connectivity index (χ2n) is 5.07. The smallest absolute Gasteiger partial charge is 0.133 e. The van der Waals surface area contributed by atoms with Crippen LogP contribution in [-0.2, 0) is 15.9 Å². The summed E-state index contributed by atoms with van der Waals surface area (Å²) in [6.07, 6.45) is 1.46. The monoisotopic (exact) mass is 344 g/mol. The molecule has 0 saturated carbocycles. The van der Waals surface area contributed by atoms with Gasteiger partial charge < -0.3 is 19.3 Å². The second kappa shape index (κ2) is 6.89. The summed E-state index contributed by atoms with van der Waals surface area (Å²) in [6, 6.07) is 5.84. The Labute approximate surface area is 128 Å². The number of aliphatic hydroxyl groups excluding tert-OH is 1. The molecule has 2 rings (SSSR count). The first-order valence-corrected chi connectivity index (χ1v) is 7.54. The van der Waals surface area contributed by atoms with Crippen LogP contribution in [-0.4, -0.2) is 44.2 Å². The van der Waals surface area contributed by atoms with Crippen molar-refractivity contribution < 1.29 is 19.3 Å². The Bertz CT molecular complexity index is 443. The van der Waals surface area contributed by atoms with E-state index < -0.39 is 11.7 Å². The van der Waals surface area contributed by atoms with Crippen molar-refractivity contribution in [1.29, 1.82) is 0 Å². The van der Waals surface area contributed by atoms with E-state index in [1.807, 2.05) is 18.2 Å². The highest BCUT2D eigenvalue weighted by molar-refractivity contribution is 9.10. The molecule has 1 aromatic rings. The topological polar surface area (TPSA) is 47.9 Å². The number of hydrogen-bond acceptors (Lipinski definition) is 4. The van der Waals surface area contributed by atoms with Crippen LogP contribution in [0, 0.1) is 0 Å². The van der Waals surface area contributed by atoms with Gasteiger partial charge in [-0.05, 0) is 33.6 Å². The second-order valence-corrected chi connectivity index (χ2v) is 5.92. The Morgan fingerprint density at radius 3 is 2.60 bits per heavy atom. The lowest BCUT2D eigenvalue weighted by Crippen LogP contribution is -2.49. The van der Waals surface area contributed by atoms with Gasteiger partial charge in [0.2, 0.25) is 0 Å². The number of methoxy groups -OCH3 is 2. The maximum atomic E-state index is 10.6. The number of aliphatic hydroxyl groups is 1. The zero-order chi connectivity index (χ0) is 14.6. The van der Waals surface area contributed by atoms with Crippen LogP contribution in [0.3, 0.4) is 0 Å². The molecular formula is C15H21BrO4. The minimum atomic E-state index is -0.545. The standard InChI is InChI=1S/C15H21BrO4/c1-18-13-4-3-11(9-12(13)16)10-14(17)15(19-2)5-7-20-8-6-15/h3-4,9,14,17H,5-8,10H2,1-2H3. The van der Waals surface area contributed by atoms with Gasteiger partial charge in [-0.3, -0.25) is 0 Å². The van der Waals surface area contributed by atoms with E-state index in [4.69, 9.17) is 14.2 Å². The molecular weight excluding hydrogens is 324 g/mol. The van der Waals surface area contributed by atoms with Gasteiger partial charge in [0.15, 0.2) is 0 Å². The minimum absolute atomic E-state index is 0.495. The molecule has 0 amide bonds. The highest BCUT2D eigenvalue weighted by atomic mass is 79.9. The van der Waals surface area contributed by atoms with Crippen molar-refractivity contribution in [2.75, 3.05) is 27.4 Å². The summed E-state index contributed by atoms with van der Waals surface area (Å²) in [6.45, 7) is 1.27. The average molecular weight is 345 g/mol. The van der Waals surface area contributed by atoms with Crippen LogP contribution in [0.4, 0.5) is 0 Å². The molecule has 1 aromatic carbocycles. The molecule has 1 fully saturated rings. The van der Waals surface area contributed by atoms with E-state index in [1.165, 1.54) is 0 Å². The van der Waals surface area contributed by atoms with Gasteiger partial charge in [0.25, 0.3) is 0 Å². The molecule has 112 valence electrons. The molecule has 1 aliphatic rings. The molecule has 4 nitrogen and oxygen atoms in total. The SMILES string of the molecule is COc1ccc(CC(O)C2(OC)CCOCC2)cc1Br. The third-order valence-corrected chi connectivity index (χ3v) is 4.62. The summed E-state index contributed by atoms with van der Waals surface area (Å²) in [5.74, 6) is 0.788. The fourth-order valence-corrected chi connectivity index (χ4v) is 3.22. The molecule has 1 heterocycles. The number of ether oxygens (including phenoxy) is 3. The molecule has 0 aromatic heterocycles. The van der Waals surface area contributed by atoms with E-state index in [9.17, 15) is 5.11 Å². The van der Waals surface area contributed by atoms with Crippen LogP contribution in [0.25, 0.3) is 0 Å².